The summed E-state index contributed by atoms with van der Waals surface area (Å²) in [4.78, 5) is 12.0. The first-order valence-corrected chi connectivity index (χ1v) is 5.50. The van der Waals surface area contributed by atoms with Crippen LogP contribution in [0.5, 0.6) is 0 Å². The van der Waals surface area contributed by atoms with Crippen LogP contribution in [0.25, 0.3) is 0 Å². The Morgan fingerprint density at radius 3 is 2.60 bits per heavy atom. The molecule has 1 aliphatic heterocycles. The SMILES string of the molecule is CC(C)(C)OC(=O)C12CC(CN1)CC2O. The monoisotopic (exact) mass is 213 g/mol. The molecule has 2 fully saturated rings. The summed E-state index contributed by atoms with van der Waals surface area (Å²) in [7, 11) is 0. The van der Waals surface area contributed by atoms with Gasteiger partial charge < -0.3 is 9.84 Å². The van der Waals surface area contributed by atoms with Crippen molar-refractivity contribution in [1.29, 1.82) is 0 Å². The highest BCUT2D eigenvalue weighted by Gasteiger charge is 2.58. The molecule has 2 rings (SSSR count). The molecule has 2 bridgehead atoms. The van der Waals surface area contributed by atoms with Gasteiger partial charge in [-0.3, -0.25) is 5.32 Å². The van der Waals surface area contributed by atoms with Gasteiger partial charge in [-0.2, -0.15) is 0 Å². The molecule has 0 radical (unpaired) electrons. The van der Waals surface area contributed by atoms with Crippen molar-refractivity contribution < 1.29 is 14.6 Å². The number of hydrogen-bond donors (Lipinski definition) is 2. The van der Waals surface area contributed by atoms with E-state index in [2.05, 4.69) is 5.32 Å². The quantitative estimate of drug-likeness (QED) is 0.621. The first-order valence-electron chi connectivity index (χ1n) is 5.50. The van der Waals surface area contributed by atoms with Crippen molar-refractivity contribution >= 4 is 5.97 Å². The van der Waals surface area contributed by atoms with Crippen molar-refractivity contribution in [2.45, 2.75) is 50.9 Å². The van der Waals surface area contributed by atoms with Crippen LogP contribution in [0.2, 0.25) is 0 Å². The number of aliphatic hydroxyl groups is 1. The highest BCUT2D eigenvalue weighted by Crippen LogP contribution is 2.41. The smallest absolute Gasteiger partial charge is 0.329 e. The Hall–Kier alpha value is -0.610. The molecule has 2 N–H and O–H groups in total. The van der Waals surface area contributed by atoms with Crippen LogP contribution < -0.4 is 5.32 Å². The average Bonchev–Trinajstić information content (AvgIpc) is 2.58. The first-order chi connectivity index (χ1) is 6.83. The summed E-state index contributed by atoms with van der Waals surface area (Å²) in [5.41, 5.74) is -1.31. The largest absolute Gasteiger partial charge is 0.459 e. The predicted octanol–water partition coefficient (Wildman–Crippen LogP) is 0.441. The zero-order valence-corrected chi connectivity index (χ0v) is 9.54. The van der Waals surface area contributed by atoms with Crippen molar-refractivity contribution in [2.24, 2.45) is 5.92 Å². The molecule has 15 heavy (non-hydrogen) atoms. The minimum Gasteiger partial charge on any atom is -0.459 e. The summed E-state index contributed by atoms with van der Waals surface area (Å²) in [5, 5.41) is 13.0. The van der Waals surface area contributed by atoms with Crippen LogP contribution in [-0.2, 0) is 9.53 Å². The fourth-order valence-corrected chi connectivity index (χ4v) is 2.52. The summed E-state index contributed by atoms with van der Waals surface area (Å²) in [5.74, 6) is 0.120. The van der Waals surface area contributed by atoms with Crippen LogP contribution >= 0.6 is 0 Å². The molecule has 0 aromatic carbocycles. The fourth-order valence-electron chi connectivity index (χ4n) is 2.52. The molecule has 0 spiro atoms. The molecule has 1 heterocycles. The molecule has 3 atom stereocenters. The number of aliphatic hydroxyl groups excluding tert-OH is 1. The summed E-state index contributed by atoms with van der Waals surface area (Å²) >= 11 is 0. The number of hydrogen-bond acceptors (Lipinski definition) is 4. The maximum atomic E-state index is 12.0. The van der Waals surface area contributed by atoms with E-state index in [1.54, 1.807) is 0 Å². The second kappa shape index (κ2) is 3.19. The van der Waals surface area contributed by atoms with Gasteiger partial charge in [0.1, 0.15) is 11.1 Å². The van der Waals surface area contributed by atoms with Crippen LogP contribution in [0.3, 0.4) is 0 Å². The molecule has 3 unspecified atom stereocenters. The van der Waals surface area contributed by atoms with Crippen LogP contribution in [0, 0.1) is 5.92 Å². The lowest BCUT2D eigenvalue weighted by atomic mass is 9.96. The molecule has 1 saturated heterocycles. The lowest BCUT2D eigenvalue weighted by Crippen LogP contribution is -2.58. The Morgan fingerprint density at radius 2 is 2.20 bits per heavy atom. The molecule has 0 amide bonds. The number of fused-ring (bicyclic) bond motifs is 2. The number of esters is 1. The lowest BCUT2D eigenvalue weighted by Gasteiger charge is -2.33. The van der Waals surface area contributed by atoms with Gasteiger partial charge in [0, 0.05) is 0 Å². The molecule has 4 heteroatoms. The molecule has 1 saturated carbocycles. The molecule has 4 nitrogen and oxygen atoms in total. The maximum absolute atomic E-state index is 12.0. The van der Waals surface area contributed by atoms with Crippen molar-refractivity contribution in [1.82, 2.24) is 5.32 Å². The van der Waals surface area contributed by atoms with Gasteiger partial charge in [-0.1, -0.05) is 0 Å². The zero-order chi connectivity index (χ0) is 11.3. The lowest BCUT2D eigenvalue weighted by molar-refractivity contribution is -0.166. The van der Waals surface area contributed by atoms with E-state index < -0.39 is 17.2 Å². The molecule has 0 aromatic heterocycles. The van der Waals surface area contributed by atoms with E-state index in [-0.39, 0.29) is 5.97 Å². The number of piperidine rings is 1. The predicted molar refractivity (Wildman–Crippen MR) is 55.3 cm³/mol. The maximum Gasteiger partial charge on any atom is 0.329 e. The van der Waals surface area contributed by atoms with Crippen molar-refractivity contribution in [2.75, 3.05) is 6.54 Å². The van der Waals surface area contributed by atoms with Crippen LogP contribution in [0.1, 0.15) is 33.6 Å². The number of carbonyl (C=O) groups excluding carboxylic acids is 1. The van der Waals surface area contributed by atoms with E-state index in [1.165, 1.54) is 0 Å². The molecule has 2 aliphatic rings. The van der Waals surface area contributed by atoms with Crippen molar-refractivity contribution in [3.8, 4) is 0 Å². The molecular formula is C11H19NO3. The fraction of sp³-hybridized carbons (Fsp3) is 0.909. The second-order valence-electron chi connectivity index (χ2n) is 5.68. The van der Waals surface area contributed by atoms with Gasteiger partial charge >= 0.3 is 5.97 Å². The van der Waals surface area contributed by atoms with Gasteiger partial charge in [-0.25, -0.2) is 4.79 Å². The normalized spacial score (nSPS) is 39.5. The Bertz CT molecular complexity index is 284. The van der Waals surface area contributed by atoms with Crippen LogP contribution in [0.15, 0.2) is 0 Å². The molecule has 1 aliphatic carbocycles. The third-order valence-corrected chi connectivity index (χ3v) is 3.21. The minimum absolute atomic E-state index is 0.303. The van der Waals surface area contributed by atoms with Crippen molar-refractivity contribution in [3.63, 3.8) is 0 Å². The van der Waals surface area contributed by atoms with Gasteiger partial charge in [0.25, 0.3) is 0 Å². The Labute approximate surface area is 90.0 Å². The topological polar surface area (TPSA) is 58.6 Å². The van der Waals surface area contributed by atoms with Gasteiger partial charge in [0.15, 0.2) is 0 Å². The summed E-state index contributed by atoms with van der Waals surface area (Å²) < 4.78 is 5.35. The van der Waals surface area contributed by atoms with Gasteiger partial charge in [0.2, 0.25) is 0 Å². The van der Waals surface area contributed by atoms with E-state index in [4.69, 9.17) is 4.74 Å². The highest BCUT2D eigenvalue weighted by molar-refractivity contribution is 5.83. The number of nitrogens with one attached hydrogen (secondary N) is 1. The molecule has 0 aromatic rings. The third kappa shape index (κ3) is 1.76. The zero-order valence-electron chi connectivity index (χ0n) is 9.54. The van der Waals surface area contributed by atoms with Crippen molar-refractivity contribution in [3.05, 3.63) is 0 Å². The van der Waals surface area contributed by atoms with Gasteiger partial charge in [0.05, 0.1) is 6.10 Å². The Morgan fingerprint density at radius 1 is 1.53 bits per heavy atom. The molecular weight excluding hydrogens is 194 g/mol. The summed E-state index contributed by atoms with van der Waals surface area (Å²) in [6.07, 6.45) is 0.834. The number of rotatable bonds is 1. The van der Waals surface area contributed by atoms with Gasteiger partial charge in [-0.05, 0) is 46.1 Å². The number of carbonyl (C=O) groups is 1. The van der Waals surface area contributed by atoms with Crippen LogP contribution in [0.4, 0.5) is 0 Å². The number of ether oxygens (including phenoxy) is 1. The summed E-state index contributed by atoms with van der Waals surface area (Å²) in [6.45, 7) is 6.34. The first kappa shape index (κ1) is 10.9. The van der Waals surface area contributed by atoms with Crippen LogP contribution in [-0.4, -0.2) is 34.9 Å². The van der Waals surface area contributed by atoms with E-state index in [0.717, 1.165) is 6.54 Å². The standard InChI is InChI=1S/C11H19NO3/c1-10(2,3)15-9(14)11-5-7(6-12-11)4-8(11)13/h7-8,12-13H,4-6H2,1-3H3. The van der Waals surface area contributed by atoms with Gasteiger partial charge in [-0.15, -0.1) is 0 Å². The van der Waals surface area contributed by atoms with E-state index in [0.29, 0.717) is 18.8 Å². The van der Waals surface area contributed by atoms with E-state index >= 15 is 0 Å². The third-order valence-electron chi connectivity index (χ3n) is 3.21. The average molecular weight is 213 g/mol. The van der Waals surface area contributed by atoms with E-state index in [9.17, 15) is 9.90 Å². The Balaban J connectivity index is 2.12. The van der Waals surface area contributed by atoms with E-state index in [1.807, 2.05) is 20.8 Å². The summed E-state index contributed by atoms with van der Waals surface area (Å²) in [6, 6.07) is 0. The minimum atomic E-state index is -0.821. The Kier molecular flexibility index (Phi) is 2.32. The molecule has 86 valence electrons. The highest BCUT2D eigenvalue weighted by atomic mass is 16.6. The second-order valence-corrected chi connectivity index (χ2v) is 5.68.